The van der Waals surface area contributed by atoms with Crippen LogP contribution in [0.25, 0.3) is 10.9 Å². The molecule has 1 amide bonds. The number of benzene rings is 1. The van der Waals surface area contributed by atoms with Crippen LogP contribution in [0.5, 0.6) is 11.5 Å². The second-order valence-electron chi connectivity index (χ2n) is 5.95. The van der Waals surface area contributed by atoms with E-state index in [1.54, 1.807) is 0 Å². The van der Waals surface area contributed by atoms with Crippen LogP contribution in [0.15, 0.2) is 12.1 Å². The SMILES string of the molecule is [2H]c1c(OC)c(OC)c([2H])c2c(N([2H])[2H])nc(N(CCCN([2H])C(=O)C3([2H])CCCO3)C([2H])([2H])[2H])nc12. The summed E-state index contributed by atoms with van der Waals surface area (Å²) in [5, 5.41) is 0.380. The summed E-state index contributed by atoms with van der Waals surface area (Å²) in [5.41, 5.74) is -0.151. The molecule has 28 heavy (non-hydrogen) atoms. The number of rotatable bonds is 9. The van der Waals surface area contributed by atoms with Crippen molar-refractivity contribution in [2.24, 2.45) is 0 Å². The fraction of sp³-hybridized carbons (Fsp3) is 0.526. The van der Waals surface area contributed by atoms with Crippen molar-refractivity contribution in [1.29, 1.82) is 0 Å². The monoisotopic (exact) mass is 398 g/mol. The Kier molecular flexibility index (Phi) is 3.59. The van der Waals surface area contributed by atoms with Gasteiger partial charge in [0.2, 0.25) is 11.9 Å². The van der Waals surface area contributed by atoms with Gasteiger partial charge in [0, 0.05) is 42.2 Å². The molecule has 1 saturated heterocycles. The molecule has 9 heteroatoms. The van der Waals surface area contributed by atoms with Crippen molar-refractivity contribution in [1.82, 2.24) is 15.3 Å². The Morgan fingerprint density at radius 2 is 2.36 bits per heavy atom. The van der Waals surface area contributed by atoms with Crippen LogP contribution in [0.3, 0.4) is 0 Å². The van der Waals surface area contributed by atoms with E-state index in [2.05, 4.69) is 9.97 Å². The molecule has 1 atom stereocenters. The topological polar surface area (TPSA) is 112 Å². The van der Waals surface area contributed by atoms with Crippen molar-refractivity contribution in [2.75, 3.05) is 51.5 Å². The minimum absolute atomic E-state index is 0.0325. The van der Waals surface area contributed by atoms with Gasteiger partial charge in [-0.2, -0.15) is 4.98 Å². The van der Waals surface area contributed by atoms with Crippen LogP contribution in [0.1, 0.15) is 27.5 Å². The van der Waals surface area contributed by atoms with Crippen molar-refractivity contribution in [3.05, 3.63) is 12.1 Å². The van der Waals surface area contributed by atoms with E-state index < -0.39 is 30.7 Å². The number of nitrogens with one attached hydrogen (secondary N) is 1. The fourth-order valence-electron chi connectivity index (χ4n) is 2.65. The lowest BCUT2D eigenvalue weighted by Crippen LogP contribution is -2.36. The Morgan fingerprint density at radius 3 is 3.04 bits per heavy atom. The van der Waals surface area contributed by atoms with Crippen LogP contribution in [-0.2, 0) is 9.53 Å². The lowest BCUT2D eigenvalue weighted by Gasteiger charge is -2.19. The lowest BCUT2D eigenvalue weighted by atomic mass is 10.2. The van der Waals surface area contributed by atoms with E-state index in [9.17, 15) is 4.79 Å². The highest BCUT2D eigenvalue weighted by molar-refractivity contribution is 5.91. The first-order valence-corrected chi connectivity index (χ1v) is 8.70. The zero-order valence-corrected chi connectivity index (χ0v) is 15.6. The smallest absolute Gasteiger partial charge is 0.249 e. The molecule has 2 aromatic rings. The van der Waals surface area contributed by atoms with Gasteiger partial charge in [0.15, 0.2) is 15.7 Å². The Hall–Kier alpha value is -2.81. The maximum Gasteiger partial charge on any atom is 0.249 e. The number of carbonyl (C=O) groups is 1. The van der Waals surface area contributed by atoms with Crippen LogP contribution < -0.4 is 25.4 Å². The highest BCUT2D eigenvalue weighted by Crippen LogP contribution is 2.33. The number of hydrogen-bond acceptors (Lipinski definition) is 8. The van der Waals surface area contributed by atoms with Crippen LogP contribution in [0, 0.1) is 0 Å². The normalized spacial score (nSPS) is 23.7. The molecular formula is C19H27N5O4. The average molecular weight is 399 g/mol. The first-order valence-electron chi connectivity index (χ1n) is 13.0. The van der Waals surface area contributed by atoms with E-state index in [1.807, 2.05) is 0 Å². The molecule has 0 saturated carbocycles. The van der Waals surface area contributed by atoms with E-state index in [4.69, 9.17) is 26.7 Å². The fourth-order valence-corrected chi connectivity index (χ4v) is 2.65. The van der Waals surface area contributed by atoms with Crippen molar-refractivity contribution >= 4 is 28.6 Å². The lowest BCUT2D eigenvalue weighted by molar-refractivity contribution is -0.130. The predicted molar refractivity (Wildman–Crippen MR) is 107 cm³/mol. The number of anilines is 2. The third-order valence-electron chi connectivity index (χ3n) is 4.06. The Morgan fingerprint density at radius 1 is 1.54 bits per heavy atom. The molecule has 3 N–H and O–H groups in total. The van der Waals surface area contributed by atoms with Gasteiger partial charge in [0.1, 0.15) is 11.9 Å². The predicted octanol–water partition coefficient (Wildman–Crippen LogP) is 1.35. The van der Waals surface area contributed by atoms with E-state index in [-0.39, 0.29) is 72.7 Å². The minimum Gasteiger partial charge on any atom is -0.493 e. The number of fused-ring (bicyclic) bond motifs is 1. The quantitative estimate of drug-likeness (QED) is 0.651. The number of hydrogen-bond donors (Lipinski definition) is 2. The molecule has 1 aliphatic heterocycles. The third kappa shape index (κ3) is 4.36. The van der Waals surface area contributed by atoms with Gasteiger partial charge in [-0.15, -0.1) is 0 Å². The molecule has 1 fully saturated rings. The second-order valence-corrected chi connectivity index (χ2v) is 5.95. The molecule has 1 aromatic heterocycles. The number of ether oxygens (including phenoxy) is 3. The van der Waals surface area contributed by atoms with Crippen molar-refractivity contribution < 1.29 is 31.5 Å². The van der Waals surface area contributed by atoms with Gasteiger partial charge in [0.05, 0.1) is 23.8 Å². The zero-order chi connectivity index (χ0) is 27.7. The maximum atomic E-state index is 12.4. The highest BCUT2D eigenvalue weighted by Gasteiger charge is 2.22. The van der Waals surface area contributed by atoms with Crippen molar-refractivity contribution in [3.63, 3.8) is 0 Å². The van der Waals surface area contributed by atoms with Gasteiger partial charge in [-0.1, -0.05) is 0 Å². The van der Waals surface area contributed by atoms with Crippen LogP contribution >= 0.6 is 0 Å². The number of amides is 1. The van der Waals surface area contributed by atoms with E-state index in [0.717, 1.165) is 4.90 Å². The molecule has 0 spiro atoms. The standard InChI is InChI=1S/C19H27N5O4/c1-24(8-5-7-21-18(25)14-6-4-9-28-14)19-22-13-11-16(27-3)15(26-2)10-12(13)17(20)23-19/h10-11,14H,4-9H2,1-3H3,(H,21,25)(H2,20,22,23)/i1D3,10D,11D,14D/hD3. The van der Waals surface area contributed by atoms with Gasteiger partial charge in [-0.05, 0) is 25.3 Å². The summed E-state index contributed by atoms with van der Waals surface area (Å²) in [6.45, 7) is -3.07. The van der Waals surface area contributed by atoms with E-state index in [1.165, 1.54) is 14.2 Å². The van der Waals surface area contributed by atoms with Gasteiger partial charge >= 0.3 is 0 Å². The number of nitrogens with zero attached hydrogens (tertiary/aromatic N) is 3. The molecule has 9 nitrogen and oxygen atoms in total. The maximum absolute atomic E-state index is 12.4. The summed E-state index contributed by atoms with van der Waals surface area (Å²) in [7, 11) is 2.51. The first-order chi connectivity index (χ1) is 17.3. The van der Waals surface area contributed by atoms with E-state index in [0.29, 0.717) is 11.7 Å². The number of nitrogen functional groups attached to an aromatic ring is 1. The van der Waals surface area contributed by atoms with E-state index >= 15 is 0 Å². The highest BCUT2D eigenvalue weighted by atomic mass is 16.5. The third-order valence-corrected chi connectivity index (χ3v) is 4.06. The molecule has 0 bridgehead atoms. The molecule has 1 aromatic carbocycles. The number of carbonyl (C=O) groups excluding carboxylic acids is 1. The summed E-state index contributed by atoms with van der Waals surface area (Å²) in [5.74, 6) is -2.03. The summed E-state index contributed by atoms with van der Waals surface area (Å²) in [6, 6.07) is -0.707. The Balaban J connectivity index is 1.99. The molecule has 2 heterocycles. The molecule has 152 valence electrons. The minimum atomic E-state index is -2.82. The van der Waals surface area contributed by atoms with Crippen LogP contribution in [-0.4, -0.2) is 62.8 Å². The molecular weight excluding hydrogens is 362 g/mol. The largest absolute Gasteiger partial charge is 0.493 e. The summed E-state index contributed by atoms with van der Waals surface area (Å²) >= 11 is 0. The molecule has 3 rings (SSSR count). The van der Waals surface area contributed by atoms with Crippen molar-refractivity contribution in [3.8, 4) is 11.5 Å². The molecule has 0 radical (unpaired) electrons. The van der Waals surface area contributed by atoms with Crippen LogP contribution in [0.2, 0.25) is 4.24 Å². The Labute approximate surface area is 177 Å². The summed E-state index contributed by atoms with van der Waals surface area (Å²) < 4.78 is 87.8. The second kappa shape index (κ2) is 8.92. The molecule has 1 unspecified atom stereocenters. The number of methoxy groups -OCH3 is 2. The molecule has 1 aliphatic rings. The zero-order valence-electron chi connectivity index (χ0n) is 24.6. The summed E-state index contributed by atoms with van der Waals surface area (Å²) in [6.07, 6.45) is -1.18. The van der Waals surface area contributed by atoms with Gasteiger partial charge in [-0.3, -0.25) is 4.79 Å². The number of aromatic nitrogens is 2. The average Bonchev–Trinajstić information content (AvgIpc) is 3.29. The first kappa shape index (κ1) is 11.3. The molecule has 0 aliphatic carbocycles. The van der Waals surface area contributed by atoms with Gasteiger partial charge in [0.25, 0.3) is 0 Å². The van der Waals surface area contributed by atoms with Crippen LogP contribution in [0.4, 0.5) is 11.8 Å². The summed E-state index contributed by atoms with van der Waals surface area (Å²) in [4.78, 5) is 21.4. The van der Waals surface area contributed by atoms with Crippen molar-refractivity contribution in [2.45, 2.75) is 25.3 Å². The van der Waals surface area contributed by atoms with Gasteiger partial charge in [-0.25, -0.2) is 4.98 Å². The van der Waals surface area contributed by atoms with Gasteiger partial charge < -0.3 is 30.1 Å². The number of nitrogens with two attached hydrogens (primary N) is 1. The Bertz CT molecular complexity index is 1160.